The molecule has 0 atom stereocenters. The van der Waals surface area contributed by atoms with Crippen LogP contribution in [0.1, 0.15) is 11.3 Å². The summed E-state index contributed by atoms with van der Waals surface area (Å²) in [6.45, 7) is -0.0417. The Bertz CT molecular complexity index is 334. The fourth-order valence-corrected chi connectivity index (χ4v) is 0.851. The van der Waals surface area contributed by atoms with E-state index in [0.29, 0.717) is 5.69 Å². The Kier molecular flexibility index (Phi) is 3.16. The Hall–Kier alpha value is -1.68. The Morgan fingerprint density at radius 3 is 3.08 bits per heavy atom. The number of aromatic nitrogens is 1. The SMILES string of the molecule is NC(=O)C=Cc1cc(CO)ccn1. The molecular weight excluding hydrogens is 168 g/mol. The van der Waals surface area contributed by atoms with Gasteiger partial charge in [0, 0.05) is 12.3 Å². The molecule has 4 nitrogen and oxygen atoms in total. The summed E-state index contributed by atoms with van der Waals surface area (Å²) in [5.41, 5.74) is 6.26. The molecule has 4 heteroatoms. The molecule has 1 amide bonds. The minimum atomic E-state index is -0.517. The number of carbonyl (C=O) groups is 1. The number of nitrogens with two attached hydrogens (primary N) is 1. The molecule has 3 N–H and O–H groups in total. The smallest absolute Gasteiger partial charge is 0.241 e. The predicted octanol–water partition coefficient (Wildman–Crippen LogP) is 0.0724. The second kappa shape index (κ2) is 4.37. The van der Waals surface area contributed by atoms with Crippen molar-refractivity contribution in [2.75, 3.05) is 0 Å². The van der Waals surface area contributed by atoms with Crippen molar-refractivity contribution in [1.82, 2.24) is 4.98 Å². The third kappa shape index (κ3) is 3.04. The molecule has 0 unspecified atom stereocenters. The van der Waals surface area contributed by atoms with Crippen molar-refractivity contribution in [2.24, 2.45) is 5.73 Å². The van der Waals surface area contributed by atoms with Gasteiger partial charge in [-0.15, -0.1) is 0 Å². The molecule has 0 aromatic carbocycles. The number of pyridine rings is 1. The van der Waals surface area contributed by atoms with E-state index in [0.717, 1.165) is 5.56 Å². The van der Waals surface area contributed by atoms with Crippen molar-refractivity contribution in [2.45, 2.75) is 6.61 Å². The highest BCUT2D eigenvalue weighted by atomic mass is 16.3. The van der Waals surface area contributed by atoms with Gasteiger partial charge in [0.25, 0.3) is 0 Å². The Morgan fingerprint density at radius 1 is 1.69 bits per heavy atom. The molecule has 1 aromatic rings. The van der Waals surface area contributed by atoms with E-state index >= 15 is 0 Å². The fourth-order valence-electron chi connectivity index (χ4n) is 0.851. The van der Waals surface area contributed by atoms with Crippen molar-refractivity contribution in [1.29, 1.82) is 0 Å². The first-order chi connectivity index (χ1) is 6.22. The van der Waals surface area contributed by atoms with Gasteiger partial charge < -0.3 is 10.8 Å². The Labute approximate surface area is 75.7 Å². The highest BCUT2D eigenvalue weighted by Crippen LogP contribution is 2.02. The van der Waals surface area contributed by atoms with Crippen LogP contribution >= 0.6 is 0 Å². The van der Waals surface area contributed by atoms with Crippen LogP contribution in [-0.4, -0.2) is 16.0 Å². The molecule has 0 aliphatic rings. The normalized spacial score (nSPS) is 10.5. The third-order valence-electron chi connectivity index (χ3n) is 1.45. The number of rotatable bonds is 3. The summed E-state index contributed by atoms with van der Waals surface area (Å²) in [6, 6.07) is 3.38. The molecule has 0 fully saturated rings. The van der Waals surface area contributed by atoms with Crippen molar-refractivity contribution in [3.8, 4) is 0 Å². The number of carbonyl (C=O) groups excluding carboxylic acids is 1. The number of primary amides is 1. The van der Waals surface area contributed by atoms with Gasteiger partial charge in [-0.1, -0.05) is 0 Å². The summed E-state index contributed by atoms with van der Waals surface area (Å²) in [4.78, 5) is 14.3. The standard InChI is InChI=1S/C9H10N2O2/c10-9(13)2-1-8-5-7(6-12)3-4-11-8/h1-5,12H,6H2,(H2,10,13). The van der Waals surface area contributed by atoms with E-state index in [2.05, 4.69) is 4.98 Å². The molecule has 0 radical (unpaired) electrons. The van der Waals surface area contributed by atoms with Crippen molar-refractivity contribution >= 4 is 12.0 Å². The third-order valence-corrected chi connectivity index (χ3v) is 1.45. The monoisotopic (exact) mass is 178 g/mol. The molecule has 0 saturated carbocycles. The summed E-state index contributed by atoms with van der Waals surface area (Å²) in [6.07, 6.45) is 4.29. The van der Waals surface area contributed by atoms with Gasteiger partial charge in [0.1, 0.15) is 0 Å². The van der Waals surface area contributed by atoms with E-state index in [1.807, 2.05) is 0 Å². The van der Waals surface area contributed by atoms with Crippen LogP contribution < -0.4 is 5.73 Å². The summed E-state index contributed by atoms with van der Waals surface area (Å²) in [5, 5.41) is 8.80. The molecule has 68 valence electrons. The number of aliphatic hydroxyl groups excluding tert-OH is 1. The predicted molar refractivity (Wildman–Crippen MR) is 48.4 cm³/mol. The summed E-state index contributed by atoms with van der Waals surface area (Å²) < 4.78 is 0. The van der Waals surface area contributed by atoms with Gasteiger partial charge in [-0.05, 0) is 23.8 Å². The van der Waals surface area contributed by atoms with Crippen LogP contribution in [0.15, 0.2) is 24.4 Å². The number of hydrogen-bond acceptors (Lipinski definition) is 3. The lowest BCUT2D eigenvalue weighted by Gasteiger charge is -1.95. The van der Waals surface area contributed by atoms with Crippen molar-refractivity contribution in [3.63, 3.8) is 0 Å². The average Bonchev–Trinajstić information content (AvgIpc) is 2.15. The lowest BCUT2D eigenvalue weighted by atomic mass is 10.2. The van der Waals surface area contributed by atoms with Crippen molar-refractivity contribution in [3.05, 3.63) is 35.7 Å². The van der Waals surface area contributed by atoms with Gasteiger partial charge in [0.05, 0.1) is 12.3 Å². The number of aliphatic hydroxyl groups is 1. The lowest BCUT2D eigenvalue weighted by Crippen LogP contribution is -2.05. The quantitative estimate of drug-likeness (QED) is 0.643. The van der Waals surface area contributed by atoms with E-state index in [1.54, 1.807) is 18.3 Å². The Balaban J connectivity index is 2.83. The summed E-state index contributed by atoms with van der Waals surface area (Å²) in [5.74, 6) is -0.517. The molecule has 0 bridgehead atoms. The molecule has 0 spiro atoms. The van der Waals surface area contributed by atoms with Crippen LogP contribution in [0.3, 0.4) is 0 Å². The molecule has 13 heavy (non-hydrogen) atoms. The van der Waals surface area contributed by atoms with Gasteiger partial charge in [0.2, 0.25) is 5.91 Å². The largest absolute Gasteiger partial charge is 0.392 e. The van der Waals surface area contributed by atoms with Crippen LogP contribution in [0.4, 0.5) is 0 Å². The van der Waals surface area contributed by atoms with Gasteiger partial charge >= 0.3 is 0 Å². The fraction of sp³-hybridized carbons (Fsp3) is 0.111. The van der Waals surface area contributed by atoms with Crippen molar-refractivity contribution < 1.29 is 9.90 Å². The molecule has 0 aliphatic heterocycles. The van der Waals surface area contributed by atoms with Crippen LogP contribution in [0.2, 0.25) is 0 Å². The lowest BCUT2D eigenvalue weighted by molar-refractivity contribution is -0.113. The van der Waals surface area contributed by atoms with E-state index in [1.165, 1.54) is 12.2 Å². The second-order valence-corrected chi connectivity index (χ2v) is 2.48. The zero-order valence-corrected chi connectivity index (χ0v) is 6.97. The topological polar surface area (TPSA) is 76.2 Å². The van der Waals surface area contributed by atoms with E-state index in [-0.39, 0.29) is 6.61 Å². The van der Waals surface area contributed by atoms with Gasteiger partial charge in [-0.3, -0.25) is 9.78 Å². The minimum absolute atomic E-state index is 0.0417. The highest BCUT2D eigenvalue weighted by molar-refractivity contribution is 5.89. The van der Waals surface area contributed by atoms with E-state index in [9.17, 15) is 4.79 Å². The zero-order chi connectivity index (χ0) is 9.68. The summed E-state index contributed by atoms with van der Waals surface area (Å²) in [7, 11) is 0. The highest BCUT2D eigenvalue weighted by Gasteiger charge is 1.92. The average molecular weight is 178 g/mol. The minimum Gasteiger partial charge on any atom is -0.392 e. The Morgan fingerprint density at radius 2 is 2.46 bits per heavy atom. The van der Waals surface area contributed by atoms with E-state index in [4.69, 9.17) is 10.8 Å². The molecule has 0 saturated heterocycles. The first-order valence-corrected chi connectivity index (χ1v) is 3.75. The molecule has 1 rings (SSSR count). The first kappa shape index (κ1) is 9.41. The van der Waals surface area contributed by atoms with Crippen LogP contribution in [-0.2, 0) is 11.4 Å². The maximum atomic E-state index is 10.4. The maximum absolute atomic E-state index is 10.4. The summed E-state index contributed by atoms with van der Waals surface area (Å²) >= 11 is 0. The first-order valence-electron chi connectivity index (χ1n) is 3.75. The zero-order valence-electron chi connectivity index (χ0n) is 6.97. The van der Waals surface area contributed by atoms with Gasteiger partial charge in [0.15, 0.2) is 0 Å². The molecule has 1 heterocycles. The molecular formula is C9H10N2O2. The number of hydrogen-bond donors (Lipinski definition) is 2. The van der Waals surface area contributed by atoms with Crippen LogP contribution in [0, 0.1) is 0 Å². The second-order valence-electron chi connectivity index (χ2n) is 2.48. The van der Waals surface area contributed by atoms with Gasteiger partial charge in [-0.25, -0.2) is 0 Å². The molecule has 0 aliphatic carbocycles. The van der Waals surface area contributed by atoms with Crippen LogP contribution in [0.25, 0.3) is 6.08 Å². The van der Waals surface area contributed by atoms with Crippen LogP contribution in [0.5, 0.6) is 0 Å². The maximum Gasteiger partial charge on any atom is 0.241 e. The number of amides is 1. The molecule has 1 aromatic heterocycles. The van der Waals surface area contributed by atoms with E-state index < -0.39 is 5.91 Å². The number of nitrogens with zero attached hydrogens (tertiary/aromatic N) is 1. The van der Waals surface area contributed by atoms with Gasteiger partial charge in [-0.2, -0.15) is 0 Å².